The van der Waals surface area contributed by atoms with Gasteiger partial charge >= 0.3 is 6.18 Å². The number of benzene rings is 3. The van der Waals surface area contributed by atoms with Crippen molar-refractivity contribution >= 4 is 28.1 Å². The maximum atomic E-state index is 13.4. The molecule has 0 fully saturated rings. The van der Waals surface area contributed by atoms with Crippen molar-refractivity contribution in [1.82, 2.24) is 15.1 Å². The van der Waals surface area contributed by atoms with Crippen molar-refractivity contribution in [1.29, 1.82) is 0 Å². The number of methoxy groups -OCH3 is 1. The zero-order valence-corrected chi connectivity index (χ0v) is 22.5. The molecule has 212 valence electrons. The van der Waals surface area contributed by atoms with Crippen LogP contribution in [0, 0.1) is 5.82 Å². The van der Waals surface area contributed by atoms with Gasteiger partial charge in [0.2, 0.25) is 0 Å². The molecule has 2 atom stereocenters. The molecule has 2 heterocycles. The topological polar surface area (TPSA) is 85.6 Å². The number of halogens is 4. The summed E-state index contributed by atoms with van der Waals surface area (Å²) in [6.45, 7) is 1.64. The van der Waals surface area contributed by atoms with Crippen LogP contribution in [-0.4, -0.2) is 33.9 Å². The zero-order chi connectivity index (χ0) is 29.3. The average Bonchev–Trinajstić information content (AvgIpc) is 3.55. The van der Waals surface area contributed by atoms with Crippen molar-refractivity contribution in [3.05, 3.63) is 100 Å². The number of thiophene rings is 1. The summed E-state index contributed by atoms with van der Waals surface area (Å²) in [6, 6.07) is 17.9. The Labute approximate surface area is 235 Å². The standard InChI is InChI=1S/C29H23F4N3O4S/c1-16(35-28(38)27-24(37)14-25(41-27)29(31,32)33)26(17-4-3-5-21(12-17)39-2)40-22-10-11-23-18(13-22)15-34-36(23)20-8-6-19(30)7-9-20/h3-16,26,37H,1-2H3,(H,35,38)/t16-,26-/m0/s1. The van der Waals surface area contributed by atoms with Crippen LogP contribution >= 0.6 is 11.3 Å². The Hall–Kier alpha value is -4.58. The van der Waals surface area contributed by atoms with E-state index in [9.17, 15) is 27.5 Å². The first-order chi connectivity index (χ1) is 19.5. The van der Waals surface area contributed by atoms with E-state index < -0.39 is 39.7 Å². The SMILES string of the molecule is COc1cccc([C@@H](Oc2ccc3c(cnn3-c3ccc(F)cc3)c2)[C@H](C)NC(=O)c2sc(C(F)(F)F)cc2O)c1. The lowest BCUT2D eigenvalue weighted by Crippen LogP contribution is -2.39. The molecule has 7 nitrogen and oxygen atoms in total. The van der Waals surface area contributed by atoms with Crippen LogP contribution in [0.3, 0.4) is 0 Å². The number of nitrogens with one attached hydrogen (secondary N) is 1. The highest BCUT2D eigenvalue weighted by atomic mass is 32.1. The Kier molecular flexibility index (Phi) is 7.59. The van der Waals surface area contributed by atoms with Crippen LogP contribution < -0.4 is 14.8 Å². The van der Waals surface area contributed by atoms with Crippen molar-refractivity contribution in [2.45, 2.75) is 25.2 Å². The molecule has 0 saturated heterocycles. The minimum absolute atomic E-state index is 0.159. The molecule has 5 aromatic rings. The van der Waals surface area contributed by atoms with Gasteiger partial charge in [-0.15, -0.1) is 11.3 Å². The van der Waals surface area contributed by atoms with Crippen molar-refractivity contribution in [2.24, 2.45) is 0 Å². The molecule has 0 unspecified atom stereocenters. The first-order valence-electron chi connectivity index (χ1n) is 12.3. The third-order valence-corrected chi connectivity index (χ3v) is 7.47. The summed E-state index contributed by atoms with van der Waals surface area (Å²) in [5.41, 5.74) is 2.05. The van der Waals surface area contributed by atoms with Gasteiger partial charge < -0.3 is 19.9 Å². The fourth-order valence-electron chi connectivity index (χ4n) is 4.33. The number of nitrogens with zero attached hydrogens (tertiary/aromatic N) is 2. The summed E-state index contributed by atoms with van der Waals surface area (Å²) in [5.74, 6) is -1.02. The maximum absolute atomic E-state index is 13.4. The Morgan fingerprint density at radius 2 is 1.80 bits per heavy atom. The number of aromatic hydroxyl groups is 1. The van der Waals surface area contributed by atoms with E-state index in [0.717, 1.165) is 10.9 Å². The van der Waals surface area contributed by atoms with Gasteiger partial charge in [-0.25, -0.2) is 9.07 Å². The van der Waals surface area contributed by atoms with Crippen molar-refractivity contribution in [3.63, 3.8) is 0 Å². The van der Waals surface area contributed by atoms with Gasteiger partial charge in [-0.1, -0.05) is 12.1 Å². The number of aromatic nitrogens is 2. The van der Waals surface area contributed by atoms with Gasteiger partial charge in [-0.3, -0.25) is 4.79 Å². The Balaban J connectivity index is 1.44. The fraction of sp³-hybridized carbons (Fsp3) is 0.172. The number of amides is 1. The minimum Gasteiger partial charge on any atom is -0.506 e. The van der Waals surface area contributed by atoms with Crippen LogP contribution in [0.4, 0.5) is 17.6 Å². The van der Waals surface area contributed by atoms with Crippen LogP contribution in [0.1, 0.15) is 33.1 Å². The third kappa shape index (κ3) is 5.97. The highest BCUT2D eigenvalue weighted by Gasteiger charge is 2.35. The van der Waals surface area contributed by atoms with Gasteiger partial charge in [-0.05, 0) is 67.1 Å². The second-order valence-corrected chi connectivity index (χ2v) is 10.2. The first kappa shape index (κ1) is 28.0. The Bertz CT molecular complexity index is 1700. The van der Waals surface area contributed by atoms with Gasteiger partial charge in [0.15, 0.2) is 0 Å². The summed E-state index contributed by atoms with van der Waals surface area (Å²) in [6.07, 6.45) is -3.86. The molecule has 3 aromatic carbocycles. The molecule has 0 saturated carbocycles. The summed E-state index contributed by atoms with van der Waals surface area (Å²) in [4.78, 5) is 11.4. The summed E-state index contributed by atoms with van der Waals surface area (Å²) in [7, 11) is 1.50. The van der Waals surface area contributed by atoms with Crippen LogP contribution in [-0.2, 0) is 6.18 Å². The monoisotopic (exact) mass is 585 g/mol. The lowest BCUT2D eigenvalue weighted by atomic mass is 10.0. The molecule has 1 amide bonds. The molecule has 0 aliphatic rings. The lowest BCUT2D eigenvalue weighted by molar-refractivity contribution is -0.134. The predicted molar refractivity (Wildman–Crippen MR) is 145 cm³/mol. The molecule has 2 aromatic heterocycles. The summed E-state index contributed by atoms with van der Waals surface area (Å²) >= 11 is 0.159. The largest absolute Gasteiger partial charge is 0.506 e. The number of carbonyl (C=O) groups is 1. The normalized spacial score (nSPS) is 13.1. The van der Waals surface area contributed by atoms with Crippen LogP contribution in [0.2, 0.25) is 0 Å². The van der Waals surface area contributed by atoms with E-state index in [-0.39, 0.29) is 17.2 Å². The minimum atomic E-state index is -4.69. The smallest absolute Gasteiger partial charge is 0.425 e. The second kappa shape index (κ2) is 11.1. The van der Waals surface area contributed by atoms with E-state index in [1.165, 1.54) is 19.2 Å². The molecule has 0 aliphatic heterocycles. The highest BCUT2D eigenvalue weighted by molar-refractivity contribution is 7.14. The number of alkyl halides is 3. The number of ether oxygens (including phenoxy) is 2. The predicted octanol–water partition coefficient (Wildman–Crippen LogP) is 6.90. The molecule has 0 aliphatic carbocycles. The molecular weight excluding hydrogens is 562 g/mol. The van der Waals surface area contributed by atoms with E-state index in [0.29, 0.717) is 28.8 Å². The second-order valence-electron chi connectivity index (χ2n) is 9.15. The number of hydrogen-bond donors (Lipinski definition) is 2. The number of rotatable bonds is 8. The molecule has 2 N–H and O–H groups in total. The summed E-state index contributed by atoms with van der Waals surface area (Å²) in [5, 5.41) is 17.8. The number of hydrogen-bond acceptors (Lipinski definition) is 6. The van der Waals surface area contributed by atoms with Crippen molar-refractivity contribution in [3.8, 4) is 22.9 Å². The van der Waals surface area contributed by atoms with Gasteiger partial charge in [-0.2, -0.15) is 18.3 Å². The fourth-order valence-corrected chi connectivity index (χ4v) is 5.15. The van der Waals surface area contributed by atoms with Crippen LogP contribution in [0.25, 0.3) is 16.6 Å². The lowest BCUT2D eigenvalue weighted by Gasteiger charge is -2.27. The van der Waals surface area contributed by atoms with Crippen LogP contribution in [0.5, 0.6) is 17.2 Å². The van der Waals surface area contributed by atoms with E-state index in [2.05, 4.69) is 10.4 Å². The van der Waals surface area contributed by atoms with E-state index in [4.69, 9.17) is 9.47 Å². The molecule has 5 rings (SSSR count). The van der Waals surface area contributed by atoms with Gasteiger partial charge in [0.05, 0.1) is 30.6 Å². The van der Waals surface area contributed by atoms with Crippen LogP contribution in [0.15, 0.2) is 79.0 Å². The quantitative estimate of drug-likeness (QED) is 0.194. The highest BCUT2D eigenvalue weighted by Crippen LogP contribution is 2.40. The Morgan fingerprint density at radius 3 is 2.49 bits per heavy atom. The van der Waals surface area contributed by atoms with E-state index >= 15 is 0 Å². The number of fused-ring (bicyclic) bond motifs is 1. The molecule has 0 spiro atoms. The summed E-state index contributed by atoms with van der Waals surface area (Å²) < 4.78 is 66.0. The maximum Gasteiger partial charge on any atom is 0.425 e. The molecule has 0 bridgehead atoms. The van der Waals surface area contributed by atoms with Crippen molar-refractivity contribution in [2.75, 3.05) is 7.11 Å². The van der Waals surface area contributed by atoms with Gasteiger partial charge in [0, 0.05) is 11.5 Å². The van der Waals surface area contributed by atoms with E-state index in [1.54, 1.807) is 72.4 Å². The third-order valence-electron chi connectivity index (χ3n) is 6.31. The number of carbonyl (C=O) groups excluding carboxylic acids is 1. The van der Waals surface area contributed by atoms with Gasteiger partial charge in [0.25, 0.3) is 5.91 Å². The zero-order valence-electron chi connectivity index (χ0n) is 21.6. The van der Waals surface area contributed by atoms with Gasteiger partial charge in [0.1, 0.15) is 38.9 Å². The molecule has 12 heteroatoms. The van der Waals surface area contributed by atoms with E-state index in [1.807, 2.05) is 0 Å². The molecule has 41 heavy (non-hydrogen) atoms. The first-order valence-corrected chi connectivity index (χ1v) is 13.1. The molecular formula is C29H23F4N3O4S. The Morgan fingerprint density at radius 1 is 1.05 bits per heavy atom. The average molecular weight is 586 g/mol. The molecule has 0 radical (unpaired) electrons. The van der Waals surface area contributed by atoms with Crippen molar-refractivity contribution < 1.29 is 36.9 Å².